The SMILES string of the molecule is CCn1nc(C)cc1C(=O)N(C)Cc1ccc(OC)cc1. The fraction of sp³-hybridized carbons (Fsp3) is 0.375. The highest BCUT2D eigenvalue weighted by Crippen LogP contribution is 2.14. The number of methoxy groups -OCH3 is 1. The minimum Gasteiger partial charge on any atom is -0.497 e. The molecule has 0 saturated carbocycles. The third-order valence-electron chi connectivity index (χ3n) is 3.35. The monoisotopic (exact) mass is 287 g/mol. The number of rotatable bonds is 5. The van der Waals surface area contributed by atoms with Gasteiger partial charge in [0.25, 0.3) is 5.91 Å². The van der Waals surface area contributed by atoms with E-state index in [0.29, 0.717) is 18.8 Å². The Morgan fingerprint density at radius 2 is 2.00 bits per heavy atom. The van der Waals surface area contributed by atoms with Gasteiger partial charge in [-0.25, -0.2) is 0 Å². The molecule has 1 amide bonds. The number of benzene rings is 1. The molecule has 0 aliphatic carbocycles. The second kappa shape index (κ2) is 6.43. The van der Waals surface area contributed by atoms with Crippen LogP contribution < -0.4 is 4.74 Å². The van der Waals surface area contributed by atoms with E-state index in [-0.39, 0.29) is 5.91 Å². The number of hydrogen-bond acceptors (Lipinski definition) is 3. The molecule has 5 heteroatoms. The second-order valence-corrected chi connectivity index (χ2v) is 5.00. The molecule has 0 unspecified atom stereocenters. The first-order valence-electron chi connectivity index (χ1n) is 6.98. The number of carbonyl (C=O) groups is 1. The van der Waals surface area contributed by atoms with Gasteiger partial charge in [-0.1, -0.05) is 12.1 Å². The maximum atomic E-state index is 12.5. The molecule has 0 fully saturated rings. The van der Waals surface area contributed by atoms with Crippen molar-refractivity contribution in [3.63, 3.8) is 0 Å². The lowest BCUT2D eigenvalue weighted by Crippen LogP contribution is -2.28. The molecule has 0 aliphatic rings. The lowest BCUT2D eigenvalue weighted by Gasteiger charge is -2.17. The van der Waals surface area contributed by atoms with Crippen LogP contribution in [0.1, 0.15) is 28.7 Å². The van der Waals surface area contributed by atoms with Crippen molar-refractivity contribution in [3.05, 3.63) is 47.3 Å². The maximum Gasteiger partial charge on any atom is 0.272 e. The Hall–Kier alpha value is -2.30. The van der Waals surface area contributed by atoms with Crippen LogP contribution in [0, 0.1) is 6.92 Å². The Morgan fingerprint density at radius 3 is 2.57 bits per heavy atom. The number of aryl methyl sites for hydroxylation is 2. The van der Waals surface area contributed by atoms with E-state index in [2.05, 4.69) is 5.10 Å². The Morgan fingerprint density at radius 1 is 1.33 bits per heavy atom. The maximum absolute atomic E-state index is 12.5. The first-order valence-corrected chi connectivity index (χ1v) is 6.98. The van der Waals surface area contributed by atoms with Crippen LogP contribution in [0.15, 0.2) is 30.3 Å². The van der Waals surface area contributed by atoms with E-state index in [0.717, 1.165) is 17.0 Å². The van der Waals surface area contributed by atoms with Crippen molar-refractivity contribution in [2.75, 3.05) is 14.2 Å². The van der Waals surface area contributed by atoms with Gasteiger partial charge < -0.3 is 9.64 Å². The van der Waals surface area contributed by atoms with E-state index in [1.807, 2.05) is 44.2 Å². The summed E-state index contributed by atoms with van der Waals surface area (Å²) in [6.45, 7) is 5.11. The molecule has 0 spiro atoms. The molecule has 2 rings (SSSR count). The van der Waals surface area contributed by atoms with Crippen molar-refractivity contribution in [1.29, 1.82) is 0 Å². The average molecular weight is 287 g/mol. The molecule has 0 saturated heterocycles. The van der Waals surface area contributed by atoms with Crippen molar-refractivity contribution in [2.45, 2.75) is 26.9 Å². The highest BCUT2D eigenvalue weighted by molar-refractivity contribution is 5.92. The summed E-state index contributed by atoms with van der Waals surface area (Å²) in [5.74, 6) is 0.792. The molecular formula is C16H21N3O2. The molecule has 0 bridgehead atoms. The number of nitrogens with zero attached hydrogens (tertiary/aromatic N) is 3. The summed E-state index contributed by atoms with van der Waals surface area (Å²) in [5.41, 5.74) is 2.55. The minimum atomic E-state index is -0.0201. The summed E-state index contributed by atoms with van der Waals surface area (Å²) >= 11 is 0. The topological polar surface area (TPSA) is 47.4 Å². The summed E-state index contributed by atoms with van der Waals surface area (Å²) in [6, 6.07) is 9.55. The number of carbonyl (C=O) groups excluding carboxylic acids is 1. The van der Waals surface area contributed by atoms with E-state index >= 15 is 0 Å². The van der Waals surface area contributed by atoms with Gasteiger partial charge in [0.1, 0.15) is 11.4 Å². The summed E-state index contributed by atoms with van der Waals surface area (Å²) in [4.78, 5) is 14.2. The molecule has 21 heavy (non-hydrogen) atoms. The van der Waals surface area contributed by atoms with E-state index in [4.69, 9.17) is 4.74 Å². The van der Waals surface area contributed by atoms with Crippen LogP contribution in [0.5, 0.6) is 5.75 Å². The van der Waals surface area contributed by atoms with Crippen molar-refractivity contribution >= 4 is 5.91 Å². The third kappa shape index (κ3) is 3.42. The van der Waals surface area contributed by atoms with Gasteiger partial charge in [-0.05, 0) is 37.6 Å². The van der Waals surface area contributed by atoms with Crippen molar-refractivity contribution in [1.82, 2.24) is 14.7 Å². The van der Waals surface area contributed by atoms with Crippen LogP contribution in [-0.2, 0) is 13.1 Å². The zero-order valence-corrected chi connectivity index (χ0v) is 13.0. The standard InChI is InChI=1S/C16H21N3O2/c1-5-19-15(10-12(2)17-19)16(20)18(3)11-13-6-8-14(21-4)9-7-13/h6-10H,5,11H2,1-4H3. The quantitative estimate of drug-likeness (QED) is 0.849. The van der Waals surface area contributed by atoms with E-state index in [9.17, 15) is 4.79 Å². The van der Waals surface area contributed by atoms with Gasteiger partial charge in [0.2, 0.25) is 0 Å². The highest BCUT2D eigenvalue weighted by atomic mass is 16.5. The van der Waals surface area contributed by atoms with E-state index in [1.165, 1.54) is 0 Å². The predicted octanol–water partition coefficient (Wildman–Crippen LogP) is 2.49. The normalized spacial score (nSPS) is 10.5. The average Bonchev–Trinajstić information content (AvgIpc) is 2.88. The van der Waals surface area contributed by atoms with Gasteiger partial charge in [-0.3, -0.25) is 9.48 Å². The number of ether oxygens (including phenoxy) is 1. The van der Waals surface area contributed by atoms with Crippen LogP contribution in [0.4, 0.5) is 0 Å². The van der Waals surface area contributed by atoms with Gasteiger partial charge >= 0.3 is 0 Å². The number of aromatic nitrogens is 2. The molecular weight excluding hydrogens is 266 g/mol. The Labute approximate surface area is 125 Å². The first kappa shape index (κ1) is 15.1. The molecule has 0 radical (unpaired) electrons. The molecule has 5 nitrogen and oxygen atoms in total. The fourth-order valence-corrected chi connectivity index (χ4v) is 2.23. The Bertz CT molecular complexity index is 617. The van der Waals surface area contributed by atoms with Crippen LogP contribution in [0.3, 0.4) is 0 Å². The lowest BCUT2D eigenvalue weighted by molar-refractivity contribution is 0.0773. The van der Waals surface area contributed by atoms with E-state index in [1.54, 1.807) is 23.7 Å². The van der Waals surface area contributed by atoms with Crippen LogP contribution >= 0.6 is 0 Å². The Kier molecular flexibility index (Phi) is 4.62. The van der Waals surface area contributed by atoms with E-state index < -0.39 is 0 Å². The smallest absolute Gasteiger partial charge is 0.272 e. The van der Waals surface area contributed by atoms with Gasteiger partial charge in [-0.15, -0.1) is 0 Å². The predicted molar refractivity (Wildman–Crippen MR) is 81.4 cm³/mol. The molecule has 2 aromatic rings. The molecule has 0 N–H and O–H groups in total. The van der Waals surface area contributed by atoms with Crippen LogP contribution in [0.2, 0.25) is 0 Å². The van der Waals surface area contributed by atoms with Crippen LogP contribution in [0.25, 0.3) is 0 Å². The number of amides is 1. The molecule has 0 aliphatic heterocycles. The second-order valence-electron chi connectivity index (χ2n) is 5.00. The lowest BCUT2D eigenvalue weighted by atomic mass is 10.2. The summed E-state index contributed by atoms with van der Waals surface area (Å²) < 4.78 is 6.87. The third-order valence-corrected chi connectivity index (χ3v) is 3.35. The van der Waals surface area contributed by atoms with Crippen molar-refractivity contribution in [3.8, 4) is 5.75 Å². The minimum absolute atomic E-state index is 0.0201. The first-order chi connectivity index (χ1) is 10.0. The molecule has 1 aromatic carbocycles. The largest absolute Gasteiger partial charge is 0.497 e. The molecule has 1 aromatic heterocycles. The number of hydrogen-bond donors (Lipinski definition) is 0. The molecule has 1 heterocycles. The van der Waals surface area contributed by atoms with Gasteiger partial charge in [0.05, 0.1) is 12.8 Å². The summed E-state index contributed by atoms with van der Waals surface area (Å²) in [5, 5.41) is 4.31. The van der Waals surface area contributed by atoms with Crippen LogP contribution in [-0.4, -0.2) is 34.7 Å². The zero-order chi connectivity index (χ0) is 15.4. The van der Waals surface area contributed by atoms with Gasteiger partial charge in [0.15, 0.2) is 0 Å². The highest BCUT2D eigenvalue weighted by Gasteiger charge is 2.17. The van der Waals surface area contributed by atoms with Crippen molar-refractivity contribution in [2.24, 2.45) is 0 Å². The summed E-state index contributed by atoms with van der Waals surface area (Å²) in [6.07, 6.45) is 0. The summed E-state index contributed by atoms with van der Waals surface area (Å²) in [7, 11) is 3.44. The molecule has 0 atom stereocenters. The Balaban J connectivity index is 2.11. The van der Waals surface area contributed by atoms with Gasteiger partial charge in [0, 0.05) is 20.1 Å². The fourth-order valence-electron chi connectivity index (χ4n) is 2.23. The zero-order valence-electron chi connectivity index (χ0n) is 13.0. The molecule has 112 valence electrons. The van der Waals surface area contributed by atoms with Gasteiger partial charge in [-0.2, -0.15) is 5.10 Å². The van der Waals surface area contributed by atoms with Crippen molar-refractivity contribution < 1.29 is 9.53 Å².